The molecule has 0 aliphatic rings. The largest absolute Gasteiger partial charge is 0.373 e. The molecule has 19 heavy (non-hydrogen) atoms. The maximum atomic E-state index is 11.0. The molecule has 0 saturated carbocycles. The van der Waals surface area contributed by atoms with Crippen LogP contribution in [0.15, 0.2) is 35.0 Å². The molecule has 1 unspecified atom stereocenters. The van der Waals surface area contributed by atoms with E-state index >= 15 is 0 Å². The fourth-order valence-corrected chi connectivity index (χ4v) is 2.47. The monoisotopic (exact) mass is 273 g/mol. The number of nitrogens with one attached hydrogen (secondary N) is 1. The lowest BCUT2D eigenvalue weighted by molar-refractivity contribution is -0.384. The standard InChI is InChI=1S/C13H11N3O2S/c1-9(11-4-5-19-8-11)15-12-6-10(7-14)2-3-13(12)16(17)18/h2-6,8-9,15H,1H3. The number of nitriles is 1. The molecular weight excluding hydrogens is 262 g/mol. The van der Waals surface area contributed by atoms with Crippen molar-refractivity contribution in [1.29, 1.82) is 5.26 Å². The minimum atomic E-state index is -0.455. The molecule has 0 amide bonds. The molecule has 0 aliphatic heterocycles. The second-order valence-electron chi connectivity index (χ2n) is 4.02. The van der Waals surface area contributed by atoms with Crippen LogP contribution in [0.25, 0.3) is 0 Å². The average molecular weight is 273 g/mol. The van der Waals surface area contributed by atoms with Crippen molar-refractivity contribution in [2.75, 3.05) is 5.32 Å². The summed E-state index contributed by atoms with van der Waals surface area (Å²) in [5, 5.41) is 26.9. The van der Waals surface area contributed by atoms with Crippen LogP contribution in [0.4, 0.5) is 11.4 Å². The van der Waals surface area contributed by atoms with Gasteiger partial charge in [0, 0.05) is 12.1 Å². The number of nitro benzene ring substituents is 1. The molecule has 5 nitrogen and oxygen atoms in total. The molecule has 0 bridgehead atoms. The summed E-state index contributed by atoms with van der Waals surface area (Å²) in [6, 6.07) is 8.18. The maximum absolute atomic E-state index is 11.0. The lowest BCUT2D eigenvalue weighted by Gasteiger charge is -2.14. The van der Waals surface area contributed by atoms with Gasteiger partial charge in [0.05, 0.1) is 16.6 Å². The first-order valence-electron chi connectivity index (χ1n) is 5.59. The van der Waals surface area contributed by atoms with E-state index in [1.165, 1.54) is 18.2 Å². The SMILES string of the molecule is CC(Nc1cc(C#N)ccc1[N+](=O)[O-])c1ccsc1. The van der Waals surface area contributed by atoms with Gasteiger partial charge in [0.25, 0.3) is 5.69 Å². The summed E-state index contributed by atoms with van der Waals surface area (Å²) in [6.07, 6.45) is 0. The van der Waals surface area contributed by atoms with Gasteiger partial charge in [-0.15, -0.1) is 0 Å². The Balaban J connectivity index is 2.32. The Kier molecular flexibility index (Phi) is 3.78. The second-order valence-corrected chi connectivity index (χ2v) is 4.80. The molecule has 1 N–H and O–H groups in total. The Bertz CT molecular complexity index is 632. The Hall–Kier alpha value is -2.39. The quantitative estimate of drug-likeness (QED) is 0.680. The summed E-state index contributed by atoms with van der Waals surface area (Å²) in [6.45, 7) is 1.92. The van der Waals surface area contributed by atoms with E-state index in [0.29, 0.717) is 11.3 Å². The van der Waals surface area contributed by atoms with E-state index in [4.69, 9.17) is 5.26 Å². The first-order chi connectivity index (χ1) is 9.11. The Labute approximate surface area is 114 Å². The molecule has 0 aliphatic carbocycles. The number of benzene rings is 1. The van der Waals surface area contributed by atoms with Gasteiger partial charge in [-0.3, -0.25) is 10.1 Å². The van der Waals surface area contributed by atoms with Gasteiger partial charge in [-0.2, -0.15) is 16.6 Å². The van der Waals surface area contributed by atoms with Crippen LogP contribution in [0.3, 0.4) is 0 Å². The van der Waals surface area contributed by atoms with Gasteiger partial charge in [0.1, 0.15) is 5.69 Å². The average Bonchev–Trinajstić information content (AvgIpc) is 2.92. The van der Waals surface area contributed by atoms with Gasteiger partial charge in [0.2, 0.25) is 0 Å². The fourth-order valence-electron chi connectivity index (χ4n) is 1.72. The highest BCUT2D eigenvalue weighted by Crippen LogP contribution is 2.29. The van der Waals surface area contributed by atoms with Gasteiger partial charge in [-0.05, 0) is 41.4 Å². The molecule has 1 aromatic carbocycles. The van der Waals surface area contributed by atoms with Crippen LogP contribution < -0.4 is 5.32 Å². The Morgan fingerprint density at radius 1 is 1.47 bits per heavy atom. The number of nitro groups is 1. The predicted molar refractivity (Wildman–Crippen MR) is 74.2 cm³/mol. The zero-order chi connectivity index (χ0) is 13.8. The molecule has 1 aromatic heterocycles. The van der Waals surface area contributed by atoms with E-state index < -0.39 is 4.92 Å². The van der Waals surface area contributed by atoms with Crippen molar-refractivity contribution in [1.82, 2.24) is 0 Å². The van der Waals surface area contributed by atoms with E-state index in [1.807, 2.05) is 29.8 Å². The number of thiophene rings is 1. The van der Waals surface area contributed by atoms with Crippen LogP contribution in [0.2, 0.25) is 0 Å². The van der Waals surface area contributed by atoms with Crippen LogP contribution in [0, 0.1) is 21.4 Å². The topological polar surface area (TPSA) is 79.0 Å². The first-order valence-corrected chi connectivity index (χ1v) is 6.53. The van der Waals surface area contributed by atoms with Crippen LogP contribution >= 0.6 is 11.3 Å². The number of rotatable bonds is 4. The summed E-state index contributed by atoms with van der Waals surface area (Å²) in [5.74, 6) is 0. The molecule has 1 atom stereocenters. The minimum absolute atomic E-state index is 0.0268. The lowest BCUT2D eigenvalue weighted by atomic mass is 10.1. The molecule has 6 heteroatoms. The Morgan fingerprint density at radius 3 is 2.84 bits per heavy atom. The van der Waals surface area contributed by atoms with Crippen molar-refractivity contribution in [3.05, 3.63) is 56.3 Å². The second kappa shape index (κ2) is 5.50. The molecule has 0 saturated heterocycles. The molecule has 2 rings (SSSR count). The summed E-state index contributed by atoms with van der Waals surface area (Å²) in [4.78, 5) is 10.5. The number of hydrogen-bond acceptors (Lipinski definition) is 5. The van der Waals surface area contributed by atoms with Gasteiger partial charge < -0.3 is 5.32 Å². The Morgan fingerprint density at radius 2 is 2.26 bits per heavy atom. The molecule has 0 radical (unpaired) electrons. The number of anilines is 1. The van der Waals surface area contributed by atoms with E-state index in [2.05, 4.69) is 5.32 Å². The van der Waals surface area contributed by atoms with Crippen molar-refractivity contribution in [2.24, 2.45) is 0 Å². The smallest absolute Gasteiger partial charge is 0.292 e. The molecule has 2 aromatic rings. The summed E-state index contributed by atoms with van der Waals surface area (Å²) < 4.78 is 0. The summed E-state index contributed by atoms with van der Waals surface area (Å²) >= 11 is 1.57. The normalized spacial score (nSPS) is 11.6. The van der Waals surface area contributed by atoms with E-state index in [-0.39, 0.29) is 11.7 Å². The van der Waals surface area contributed by atoms with Crippen molar-refractivity contribution >= 4 is 22.7 Å². The maximum Gasteiger partial charge on any atom is 0.292 e. The van der Waals surface area contributed by atoms with E-state index in [0.717, 1.165) is 5.56 Å². The summed E-state index contributed by atoms with van der Waals surface area (Å²) in [5.41, 5.74) is 1.79. The van der Waals surface area contributed by atoms with Gasteiger partial charge in [-0.25, -0.2) is 0 Å². The first kappa shape index (κ1) is 13.1. The summed E-state index contributed by atoms with van der Waals surface area (Å²) in [7, 11) is 0. The van der Waals surface area contributed by atoms with Crippen molar-refractivity contribution < 1.29 is 4.92 Å². The highest BCUT2D eigenvalue weighted by atomic mass is 32.1. The van der Waals surface area contributed by atoms with Crippen LogP contribution in [0.5, 0.6) is 0 Å². The number of nitrogens with zero attached hydrogens (tertiary/aromatic N) is 2. The third kappa shape index (κ3) is 2.89. The van der Waals surface area contributed by atoms with E-state index in [9.17, 15) is 10.1 Å². The van der Waals surface area contributed by atoms with Crippen molar-refractivity contribution in [2.45, 2.75) is 13.0 Å². The van der Waals surface area contributed by atoms with Crippen LogP contribution in [-0.4, -0.2) is 4.92 Å². The van der Waals surface area contributed by atoms with Crippen LogP contribution in [0.1, 0.15) is 24.1 Å². The fraction of sp³-hybridized carbons (Fsp3) is 0.154. The highest BCUT2D eigenvalue weighted by Gasteiger charge is 2.16. The molecule has 96 valence electrons. The molecule has 1 heterocycles. The van der Waals surface area contributed by atoms with Gasteiger partial charge >= 0.3 is 0 Å². The zero-order valence-electron chi connectivity index (χ0n) is 10.2. The third-order valence-electron chi connectivity index (χ3n) is 2.74. The number of hydrogen-bond donors (Lipinski definition) is 1. The molecule has 0 fully saturated rings. The highest BCUT2D eigenvalue weighted by molar-refractivity contribution is 7.07. The van der Waals surface area contributed by atoms with Crippen molar-refractivity contribution in [3.8, 4) is 6.07 Å². The molecule has 0 spiro atoms. The van der Waals surface area contributed by atoms with Gasteiger partial charge in [0.15, 0.2) is 0 Å². The lowest BCUT2D eigenvalue weighted by Crippen LogP contribution is -2.07. The zero-order valence-corrected chi connectivity index (χ0v) is 11.0. The predicted octanol–water partition coefficient (Wildman–Crippen LogP) is 3.70. The van der Waals surface area contributed by atoms with Gasteiger partial charge in [-0.1, -0.05) is 0 Å². The third-order valence-corrected chi connectivity index (χ3v) is 3.44. The van der Waals surface area contributed by atoms with E-state index in [1.54, 1.807) is 11.3 Å². The van der Waals surface area contributed by atoms with Crippen molar-refractivity contribution in [3.63, 3.8) is 0 Å². The molecular formula is C13H11N3O2S. The van der Waals surface area contributed by atoms with Crippen LogP contribution in [-0.2, 0) is 0 Å². The minimum Gasteiger partial charge on any atom is -0.373 e.